The van der Waals surface area contributed by atoms with Crippen LogP contribution in [-0.2, 0) is 16.1 Å². The molecular formula is C17H26ClN3O3. The number of aliphatic hydroxyl groups is 1. The van der Waals surface area contributed by atoms with Crippen molar-refractivity contribution in [1.82, 2.24) is 10.2 Å². The minimum absolute atomic E-state index is 0. The minimum atomic E-state index is -0.457. The third-order valence-corrected chi connectivity index (χ3v) is 4.03. The number of halogens is 1. The Bertz CT molecular complexity index is 563. The van der Waals surface area contributed by atoms with Crippen LogP contribution in [0.15, 0.2) is 24.3 Å². The van der Waals surface area contributed by atoms with Crippen LogP contribution in [0.1, 0.15) is 32.8 Å². The number of benzene rings is 1. The van der Waals surface area contributed by atoms with Gasteiger partial charge in [-0.2, -0.15) is 0 Å². The Balaban J connectivity index is 0.00000288. The molecule has 1 aliphatic rings. The van der Waals surface area contributed by atoms with Gasteiger partial charge in [-0.3, -0.25) is 9.59 Å². The van der Waals surface area contributed by atoms with Gasteiger partial charge in [0.25, 0.3) is 0 Å². The zero-order chi connectivity index (χ0) is 17.0. The number of carbonyl (C=O) groups is 2. The molecule has 1 heterocycles. The van der Waals surface area contributed by atoms with Crippen molar-refractivity contribution in [3.63, 3.8) is 0 Å². The molecule has 0 aromatic heterocycles. The number of β-amino-alcohol motifs (C(OH)–C–C–N with tert-alkyl or cyclic N) is 1. The molecule has 1 aromatic rings. The van der Waals surface area contributed by atoms with Crippen LogP contribution in [-0.4, -0.2) is 46.6 Å². The average molecular weight is 356 g/mol. The summed E-state index contributed by atoms with van der Waals surface area (Å²) in [5, 5.41) is 15.3. The largest absolute Gasteiger partial charge is 0.392 e. The zero-order valence-corrected chi connectivity index (χ0v) is 15.1. The molecule has 134 valence electrons. The molecule has 1 saturated heterocycles. The standard InChI is InChI=1S/C17H25N3O3.ClH/c1-11(2)20(12(3)21)10-13-4-6-14(7-5-13)19-17(23)16-8-15(22)9-18-16;/h4-7,11,15-16,18,22H,8-10H2,1-3H3,(H,19,23);1H. The summed E-state index contributed by atoms with van der Waals surface area (Å²) < 4.78 is 0. The van der Waals surface area contributed by atoms with Crippen LogP contribution in [0.25, 0.3) is 0 Å². The van der Waals surface area contributed by atoms with Crippen molar-refractivity contribution in [3.05, 3.63) is 29.8 Å². The van der Waals surface area contributed by atoms with Gasteiger partial charge < -0.3 is 20.6 Å². The van der Waals surface area contributed by atoms with Crippen LogP contribution in [0.3, 0.4) is 0 Å². The van der Waals surface area contributed by atoms with Crippen LogP contribution < -0.4 is 10.6 Å². The van der Waals surface area contributed by atoms with Crippen LogP contribution in [0.5, 0.6) is 0 Å². The van der Waals surface area contributed by atoms with Gasteiger partial charge in [-0.1, -0.05) is 12.1 Å². The number of carbonyl (C=O) groups excluding carboxylic acids is 2. The van der Waals surface area contributed by atoms with Gasteiger partial charge >= 0.3 is 0 Å². The zero-order valence-electron chi connectivity index (χ0n) is 14.3. The lowest BCUT2D eigenvalue weighted by Gasteiger charge is -2.25. The molecule has 0 saturated carbocycles. The Morgan fingerprint density at radius 3 is 2.42 bits per heavy atom. The maximum atomic E-state index is 12.1. The molecule has 0 radical (unpaired) electrons. The number of rotatable bonds is 5. The molecule has 0 bridgehead atoms. The van der Waals surface area contributed by atoms with Crippen molar-refractivity contribution in [3.8, 4) is 0 Å². The third kappa shape index (κ3) is 5.47. The highest BCUT2D eigenvalue weighted by Crippen LogP contribution is 2.15. The highest BCUT2D eigenvalue weighted by Gasteiger charge is 2.27. The predicted octanol–water partition coefficient (Wildman–Crippen LogP) is 1.53. The smallest absolute Gasteiger partial charge is 0.241 e. The molecule has 24 heavy (non-hydrogen) atoms. The second-order valence-electron chi connectivity index (χ2n) is 6.28. The maximum absolute atomic E-state index is 12.1. The fourth-order valence-corrected chi connectivity index (χ4v) is 2.69. The molecule has 7 heteroatoms. The molecule has 1 aromatic carbocycles. The molecule has 2 rings (SSSR count). The van der Waals surface area contributed by atoms with Crippen LogP contribution in [0, 0.1) is 0 Å². The molecule has 1 fully saturated rings. The van der Waals surface area contributed by atoms with E-state index in [1.807, 2.05) is 38.1 Å². The van der Waals surface area contributed by atoms with E-state index in [9.17, 15) is 14.7 Å². The van der Waals surface area contributed by atoms with Crippen LogP contribution in [0.2, 0.25) is 0 Å². The summed E-state index contributed by atoms with van der Waals surface area (Å²) in [5.41, 5.74) is 1.72. The molecule has 2 unspecified atom stereocenters. The van der Waals surface area contributed by atoms with E-state index in [1.165, 1.54) is 0 Å². The van der Waals surface area contributed by atoms with E-state index < -0.39 is 6.10 Å². The van der Waals surface area contributed by atoms with Gasteiger partial charge in [0.1, 0.15) is 0 Å². The first-order valence-corrected chi connectivity index (χ1v) is 7.95. The lowest BCUT2D eigenvalue weighted by molar-refractivity contribution is -0.131. The minimum Gasteiger partial charge on any atom is -0.392 e. The van der Waals surface area contributed by atoms with Crippen molar-refractivity contribution in [1.29, 1.82) is 0 Å². The summed E-state index contributed by atoms with van der Waals surface area (Å²) in [6.45, 7) is 6.54. The molecule has 3 N–H and O–H groups in total. The van der Waals surface area contributed by atoms with Crippen molar-refractivity contribution in [2.24, 2.45) is 0 Å². The highest BCUT2D eigenvalue weighted by molar-refractivity contribution is 5.95. The first-order chi connectivity index (χ1) is 10.9. The number of amides is 2. The predicted molar refractivity (Wildman–Crippen MR) is 96.1 cm³/mol. The van der Waals surface area contributed by atoms with E-state index in [0.29, 0.717) is 25.2 Å². The molecule has 2 atom stereocenters. The second kappa shape index (κ2) is 9.01. The van der Waals surface area contributed by atoms with Crippen molar-refractivity contribution in [2.75, 3.05) is 11.9 Å². The second-order valence-corrected chi connectivity index (χ2v) is 6.28. The fourth-order valence-electron chi connectivity index (χ4n) is 2.69. The first-order valence-electron chi connectivity index (χ1n) is 7.95. The summed E-state index contributed by atoms with van der Waals surface area (Å²) in [6.07, 6.45) is -0.0204. The Labute approximate surface area is 149 Å². The lowest BCUT2D eigenvalue weighted by Crippen LogP contribution is -2.35. The number of nitrogens with zero attached hydrogens (tertiary/aromatic N) is 1. The molecule has 1 aliphatic heterocycles. The van der Waals surface area contributed by atoms with Crippen molar-refractivity contribution in [2.45, 2.75) is 51.9 Å². The van der Waals surface area contributed by atoms with Crippen molar-refractivity contribution >= 4 is 29.9 Å². The summed E-state index contributed by atoms with van der Waals surface area (Å²) in [4.78, 5) is 25.5. The van der Waals surface area contributed by atoms with E-state index in [4.69, 9.17) is 0 Å². The van der Waals surface area contributed by atoms with E-state index in [2.05, 4.69) is 10.6 Å². The number of anilines is 1. The van der Waals surface area contributed by atoms with Gasteiger partial charge in [0.05, 0.1) is 12.1 Å². The third-order valence-electron chi connectivity index (χ3n) is 4.03. The number of nitrogens with one attached hydrogen (secondary N) is 2. The Morgan fingerprint density at radius 1 is 1.33 bits per heavy atom. The number of hydrogen-bond acceptors (Lipinski definition) is 4. The molecule has 0 aliphatic carbocycles. The van der Waals surface area contributed by atoms with Gasteiger partial charge in [-0.05, 0) is 38.0 Å². The topological polar surface area (TPSA) is 81.7 Å². The van der Waals surface area contributed by atoms with E-state index in [-0.39, 0.29) is 36.3 Å². The summed E-state index contributed by atoms with van der Waals surface area (Å²) in [7, 11) is 0. The fraction of sp³-hybridized carbons (Fsp3) is 0.529. The van der Waals surface area contributed by atoms with Crippen LogP contribution in [0.4, 0.5) is 5.69 Å². The summed E-state index contributed by atoms with van der Waals surface area (Å²) in [5.74, 6) is -0.0925. The van der Waals surface area contributed by atoms with Gasteiger partial charge in [0, 0.05) is 31.7 Å². The lowest BCUT2D eigenvalue weighted by atomic mass is 10.1. The Morgan fingerprint density at radius 2 is 1.96 bits per heavy atom. The quantitative estimate of drug-likeness (QED) is 0.748. The van der Waals surface area contributed by atoms with E-state index in [1.54, 1.807) is 11.8 Å². The normalized spacial score (nSPS) is 19.7. The molecule has 2 amide bonds. The van der Waals surface area contributed by atoms with Gasteiger partial charge in [0.2, 0.25) is 11.8 Å². The Kier molecular flexibility index (Phi) is 7.66. The summed E-state index contributed by atoms with van der Waals surface area (Å²) in [6, 6.07) is 7.27. The highest BCUT2D eigenvalue weighted by atomic mass is 35.5. The summed E-state index contributed by atoms with van der Waals surface area (Å²) >= 11 is 0. The Hall–Kier alpha value is -1.63. The first kappa shape index (κ1) is 20.4. The van der Waals surface area contributed by atoms with Gasteiger partial charge in [0.15, 0.2) is 0 Å². The van der Waals surface area contributed by atoms with Crippen LogP contribution >= 0.6 is 12.4 Å². The monoisotopic (exact) mass is 355 g/mol. The molecule has 6 nitrogen and oxygen atoms in total. The average Bonchev–Trinajstić information content (AvgIpc) is 2.92. The maximum Gasteiger partial charge on any atom is 0.241 e. The number of aliphatic hydroxyl groups excluding tert-OH is 1. The van der Waals surface area contributed by atoms with E-state index >= 15 is 0 Å². The molecular weight excluding hydrogens is 330 g/mol. The van der Waals surface area contributed by atoms with Gasteiger partial charge in [-0.25, -0.2) is 0 Å². The van der Waals surface area contributed by atoms with E-state index in [0.717, 1.165) is 5.56 Å². The molecule has 0 spiro atoms. The number of hydrogen-bond donors (Lipinski definition) is 3. The SMILES string of the molecule is CC(=O)N(Cc1ccc(NC(=O)C2CC(O)CN2)cc1)C(C)C.Cl. The van der Waals surface area contributed by atoms with Crippen molar-refractivity contribution < 1.29 is 14.7 Å². The van der Waals surface area contributed by atoms with Gasteiger partial charge in [-0.15, -0.1) is 12.4 Å².